The van der Waals surface area contributed by atoms with Crippen molar-refractivity contribution in [1.82, 2.24) is 4.98 Å². The highest BCUT2D eigenvalue weighted by Gasteiger charge is 2.57. The lowest BCUT2D eigenvalue weighted by Gasteiger charge is -2.23. The van der Waals surface area contributed by atoms with E-state index in [2.05, 4.69) is 18.8 Å². The van der Waals surface area contributed by atoms with E-state index in [0.29, 0.717) is 16.8 Å². The van der Waals surface area contributed by atoms with Gasteiger partial charge in [0, 0.05) is 5.39 Å². The minimum Gasteiger partial charge on any atom is -0.661 e. The quantitative estimate of drug-likeness (QED) is 0.410. The van der Waals surface area contributed by atoms with Crippen molar-refractivity contribution >= 4 is 16.9 Å². The first-order valence-corrected chi connectivity index (χ1v) is 11.4. The van der Waals surface area contributed by atoms with Gasteiger partial charge in [-0.15, -0.1) is 11.7 Å². The summed E-state index contributed by atoms with van der Waals surface area (Å²) in [6, 6.07) is 15.0. The maximum atomic E-state index is 13.1. The Bertz CT molecular complexity index is 1110. The summed E-state index contributed by atoms with van der Waals surface area (Å²) in [7, 11) is 0. The monoisotopic (exact) mass is 468 g/mol. The van der Waals surface area contributed by atoms with Crippen LogP contribution < -0.4 is 9.72 Å². The number of benzene rings is 2. The first kappa shape index (κ1) is 24.4. The number of aromatic nitrogens is 1. The highest BCUT2D eigenvalue weighted by atomic mass is 16.7. The lowest BCUT2D eigenvalue weighted by Crippen LogP contribution is -2.46. The lowest BCUT2D eigenvalue weighted by atomic mass is 10.0. The van der Waals surface area contributed by atoms with E-state index in [0.717, 1.165) is 24.0 Å². The zero-order valence-electron chi connectivity index (χ0n) is 19.3. The van der Waals surface area contributed by atoms with Gasteiger partial charge < -0.3 is 34.5 Å². The molecule has 1 saturated heterocycles. The van der Waals surface area contributed by atoms with Crippen molar-refractivity contribution in [2.45, 2.75) is 57.4 Å². The van der Waals surface area contributed by atoms with Crippen LogP contribution in [0.15, 0.2) is 54.7 Å². The fourth-order valence-electron chi connectivity index (χ4n) is 3.99. The Kier molecular flexibility index (Phi) is 7.35. The van der Waals surface area contributed by atoms with Crippen molar-refractivity contribution in [2.24, 2.45) is 5.92 Å². The van der Waals surface area contributed by atoms with E-state index in [1.54, 1.807) is 0 Å². The topological polar surface area (TPSA) is 120 Å². The second kappa shape index (κ2) is 10.2. The van der Waals surface area contributed by atoms with E-state index in [1.165, 1.54) is 6.20 Å². The normalized spacial score (nSPS) is 24.7. The van der Waals surface area contributed by atoms with E-state index in [1.807, 2.05) is 48.5 Å². The summed E-state index contributed by atoms with van der Waals surface area (Å²) in [6.45, 7) is 3.48. The molecule has 0 amide bonds. The third kappa shape index (κ3) is 5.16. The molecule has 0 saturated carbocycles. The first-order chi connectivity index (χ1) is 16.3. The van der Waals surface area contributed by atoms with Gasteiger partial charge in [0.15, 0.2) is 6.10 Å². The summed E-state index contributed by atoms with van der Waals surface area (Å²) in [4.78, 5) is 17.4. The Morgan fingerprint density at radius 1 is 1.18 bits per heavy atom. The minimum absolute atomic E-state index is 0.0668. The molecule has 3 aromatic rings. The molecule has 4 rings (SSSR count). The van der Waals surface area contributed by atoms with E-state index >= 15 is 0 Å². The van der Waals surface area contributed by atoms with Gasteiger partial charge in [0.1, 0.15) is 18.0 Å². The maximum absolute atomic E-state index is 13.1. The lowest BCUT2D eigenvalue weighted by molar-refractivity contribution is -0.246. The Hall–Kier alpha value is -2.75. The molecule has 0 aliphatic carbocycles. The number of ether oxygens (including phenoxy) is 3. The molecule has 1 aromatic heterocycles. The van der Waals surface area contributed by atoms with Crippen LogP contribution in [0, 0.1) is 5.92 Å². The van der Waals surface area contributed by atoms with Gasteiger partial charge in [0.05, 0.1) is 13.2 Å². The van der Waals surface area contributed by atoms with Crippen LogP contribution in [0.4, 0.5) is 0 Å². The van der Waals surface area contributed by atoms with Gasteiger partial charge in [-0.25, -0.2) is 4.79 Å². The van der Waals surface area contributed by atoms with Crippen molar-refractivity contribution in [3.63, 3.8) is 0 Å². The predicted octanol–water partition coefficient (Wildman–Crippen LogP) is 2.32. The summed E-state index contributed by atoms with van der Waals surface area (Å²) >= 11 is 0. The van der Waals surface area contributed by atoms with E-state index in [9.17, 15) is 20.1 Å². The standard InChI is InChI=1S/C26H30NO7/c1-16(2)8-9-17-10-11-20-19(12-17)21(13-27-20)33-25(30)23-22(24(29)26(31,15-28)34-23)32-14-18-6-4-3-5-7-18/h3-7,10-13,16,22-24,28-29,31H,8-9,14-15H2,1-2H3/q-1. The van der Waals surface area contributed by atoms with Crippen molar-refractivity contribution in [3.05, 3.63) is 65.9 Å². The molecule has 0 bridgehead atoms. The van der Waals surface area contributed by atoms with Crippen LogP contribution in [0.1, 0.15) is 31.4 Å². The molecule has 34 heavy (non-hydrogen) atoms. The second-order valence-electron chi connectivity index (χ2n) is 9.08. The Morgan fingerprint density at radius 3 is 2.65 bits per heavy atom. The molecule has 182 valence electrons. The van der Waals surface area contributed by atoms with E-state index in [-0.39, 0.29) is 12.4 Å². The zero-order valence-corrected chi connectivity index (χ0v) is 19.3. The molecule has 4 unspecified atom stereocenters. The van der Waals surface area contributed by atoms with Gasteiger partial charge in [-0.2, -0.15) is 0 Å². The number of aryl methyl sites for hydroxylation is 1. The number of carbonyl (C=O) groups is 1. The van der Waals surface area contributed by atoms with Crippen LogP contribution in [0.2, 0.25) is 0 Å². The van der Waals surface area contributed by atoms with Gasteiger partial charge >= 0.3 is 5.97 Å². The van der Waals surface area contributed by atoms with Crippen molar-refractivity contribution in [1.29, 1.82) is 0 Å². The summed E-state index contributed by atoms with van der Waals surface area (Å²) < 4.78 is 16.7. The summed E-state index contributed by atoms with van der Waals surface area (Å²) in [5, 5.41) is 31.3. The molecule has 1 aliphatic rings. The number of carbonyl (C=O) groups excluding carboxylic acids is 1. The average Bonchev–Trinajstić information content (AvgIpc) is 3.35. The van der Waals surface area contributed by atoms with Gasteiger partial charge in [-0.3, -0.25) is 0 Å². The highest BCUT2D eigenvalue weighted by molar-refractivity contribution is 5.90. The first-order valence-electron chi connectivity index (χ1n) is 11.4. The van der Waals surface area contributed by atoms with Gasteiger partial charge in [0.25, 0.3) is 0 Å². The molecule has 0 spiro atoms. The fraction of sp³-hybridized carbons (Fsp3) is 0.423. The molecular weight excluding hydrogens is 438 g/mol. The third-order valence-corrected chi connectivity index (χ3v) is 6.02. The minimum atomic E-state index is -2.35. The number of nitrogens with zero attached hydrogens (tertiary/aromatic N) is 1. The number of aliphatic hydroxyl groups is 3. The Balaban J connectivity index is 1.52. The number of fused-ring (bicyclic) bond motifs is 1. The Labute approximate surface area is 198 Å². The molecule has 8 nitrogen and oxygen atoms in total. The Morgan fingerprint density at radius 2 is 1.94 bits per heavy atom. The molecule has 2 aromatic carbocycles. The van der Waals surface area contributed by atoms with Crippen molar-refractivity contribution < 1.29 is 34.3 Å². The SMILES string of the molecule is CC(C)CCc1ccc2[n-]cc(OC(=O)C3OC(O)(CO)C(O)C3OCc3ccccc3)c2c1. The van der Waals surface area contributed by atoms with Crippen LogP contribution in [-0.4, -0.2) is 52.0 Å². The van der Waals surface area contributed by atoms with Crippen LogP contribution in [0.5, 0.6) is 5.75 Å². The number of esters is 1. The molecular formula is C26H30NO7-. The van der Waals surface area contributed by atoms with Crippen LogP contribution in [-0.2, 0) is 27.3 Å². The molecule has 1 aliphatic heterocycles. The largest absolute Gasteiger partial charge is 0.661 e. The summed E-state index contributed by atoms with van der Waals surface area (Å²) in [5.74, 6) is -2.38. The van der Waals surface area contributed by atoms with Crippen LogP contribution in [0.25, 0.3) is 10.9 Å². The number of aliphatic hydroxyl groups excluding tert-OH is 2. The van der Waals surface area contributed by atoms with Crippen LogP contribution >= 0.6 is 0 Å². The second-order valence-corrected chi connectivity index (χ2v) is 9.08. The third-order valence-electron chi connectivity index (χ3n) is 6.02. The van der Waals surface area contributed by atoms with Crippen molar-refractivity contribution in [2.75, 3.05) is 6.61 Å². The molecule has 1 fully saturated rings. The van der Waals surface area contributed by atoms with E-state index in [4.69, 9.17) is 14.2 Å². The molecule has 0 radical (unpaired) electrons. The van der Waals surface area contributed by atoms with Crippen molar-refractivity contribution in [3.8, 4) is 5.75 Å². The number of hydrogen-bond acceptors (Lipinski definition) is 7. The van der Waals surface area contributed by atoms with E-state index < -0.39 is 36.7 Å². The zero-order chi connectivity index (χ0) is 24.3. The number of hydrogen-bond donors (Lipinski definition) is 3. The molecule has 3 N–H and O–H groups in total. The molecule has 4 atom stereocenters. The smallest absolute Gasteiger partial charge is 0.343 e. The predicted molar refractivity (Wildman–Crippen MR) is 124 cm³/mol. The van der Waals surface area contributed by atoms with Crippen LogP contribution in [0.3, 0.4) is 0 Å². The van der Waals surface area contributed by atoms with Gasteiger partial charge in [-0.05, 0) is 36.0 Å². The molecule has 8 heteroatoms. The average molecular weight is 469 g/mol. The van der Waals surface area contributed by atoms with Gasteiger partial charge in [0.2, 0.25) is 5.79 Å². The van der Waals surface area contributed by atoms with Gasteiger partial charge in [-0.1, -0.05) is 56.3 Å². The summed E-state index contributed by atoms with van der Waals surface area (Å²) in [6.07, 6.45) is -0.981. The fourth-order valence-corrected chi connectivity index (χ4v) is 3.99. The molecule has 2 heterocycles. The summed E-state index contributed by atoms with van der Waals surface area (Å²) in [5.41, 5.74) is 2.60. The highest BCUT2D eigenvalue weighted by Crippen LogP contribution is 2.34. The maximum Gasteiger partial charge on any atom is 0.343 e. The number of rotatable bonds is 9.